The number of furan rings is 1. The fraction of sp³-hybridized carbons (Fsp3) is 0.190. The molecule has 0 saturated heterocycles. The van der Waals surface area contributed by atoms with E-state index in [2.05, 4.69) is 90.5 Å². The van der Waals surface area contributed by atoms with E-state index in [-0.39, 0.29) is 20.1 Å². The maximum absolute atomic E-state index is 7.69. The van der Waals surface area contributed by atoms with Gasteiger partial charge in [-0.1, -0.05) is 78.4 Å². The van der Waals surface area contributed by atoms with Gasteiger partial charge in [-0.25, -0.2) is 0 Å². The second-order valence-electron chi connectivity index (χ2n) is 13.1. The molecule has 0 fully saturated rings. The van der Waals surface area contributed by atoms with Crippen LogP contribution in [-0.4, -0.2) is 23.2 Å². The summed E-state index contributed by atoms with van der Waals surface area (Å²) in [6.45, 7) is 4.28. The molecule has 0 saturated carbocycles. The molecule has 3 aromatic heterocycles. The van der Waals surface area contributed by atoms with Crippen molar-refractivity contribution in [3.05, 3.63) is 138 Å². The zero-order chi connectivity index (χ0) is 34.9. The van der Waals surface area contributed by atoms with Gasteiger partial charge in [-0.3, -0.25) is 0 Å². The van der Waals surface area contributed by atoms with Gasteiger partial charge in [-0.2, -0.15) is 0 Å². The molecule has 0 aliphatic heterocycles. The maximum atomic E-state index is 7.69. The Kier molecular flexibility index (Phi) is 9.42. The predicted octanol–water partition coefficient (Wildman–Crippen LogP) is 10.9. The Bertz CT molecular complexity index is 2250. The van der Waals surface area contributed by atoms with Crippen LogP contribution in [-0.2, 0) is 20.1 Å². The number of aromatic nitrogens is 2. The molecule has 3 heterocycles. The Balaban J connectivity index is 0.000000229. The quantitative estimate of drug-likeness (QED) is 0.128. The molecule has 0 amide bonds. The molecule has 0 aliphatic rings. The smallest absolute Gasteiger partial charge is 0.121 e. The van der Waals surface area contributed by atoms with Gasteiger partial charge < -0.3 is 9.40 Å². The third-order valence-corrected chi connectivity index (χ3v) is 12.5. The van der Waals surface area contributed by atoms with Crippen LogP contribution in [0.15, 0.2) is 114 Å². The standard InChI is InChI=1S/C27H22NO.C15H18GeN.Ir/c1-17(2)19-12-13-28-25(15-19)24-9-5-8-23-22-11-10-21(16-26(22)29-27(23)24)20-7-4-6-18(3)14-20;1-12-6-5-7-13(10-12)15-9-8-14(11-17-15)16(2,3)4;/h4-8,10-17H,1-3H3;5-6,8-11H,1-4H3;/q2*-1;/i3D3;;. The largest absolute Gasteiger partial charge is 0.501 e. The van der Waals surface area contributed by atoms with Gasteiger partial charge in [0.15, 0.2) is 0 Å². The fourth-order valence-electron chi connectivity index (χ4n) is 5.48. The molecule has 7 aromatic rings. The van der Waals surface area contributed by atoms with Crippen LogP contribution in [0.2, 0.25) is 17.3 Å². The molecule has 4 aromatic carbocycles. The summed E-state index contributed by atoms with van der Waals surface area (Å²) in [6.07, 6.45) is 3.88. The molecular weight excluding hydrogens is 813 g/mol. The molecule has 239 valence electrons. The molecule has 47 heavy (non-hydrogen) atoms. The van der Waals surface area contributed by atoms with E-state index in [1.54, 1.807) is 18.2 Å². The zero-order valence-electron chi connectivity index (χ0n) is 30.6. The van der Waals surface area contributed by atoms with Gasteiger partial charge in [0.25, 0.3) is 0 Å². The van der Waals surface area contributed by atoms with Crippen LogP contribution in [0, 0.1) is 25.9 Å². The average molecular weight is 857 g/mol. The van der Waals surface area contributed by atoms with E-state index in [1.165, 1.54) is 15.5 Å². The summed E-state index contributed by atoms with van der Waals surface area (Å²) in [5, 5.41) is 2.01. The van der Waals surface area contributed by atoms with E-state index >= 15 is 0 Å². The molecule has 0 bridgehead atoms. The van der Waals surface area contributed by atoms with Crippen molar-refractivity contribution in [2.75, 3.05) is 0 Å². The Morgan fingerprint density at radius 1 is 0.766 bits per heavy atom. The van der Waals surface area contributed by atoms with E-state index in [9.17, 15) is 0 Å². The zero-order valence-corrected chi connectivity index (χ0v) is 32.1. The predicted molar refractivity (Wildman–Crippen MR) is 196 cm³/mol. The van der Waals surface area contributed by atoms with Gasteiger partial charge >= 0.3 is 106 Å². The minimum Gasteiger partial charge on any atom is -0.501 e. The normalized spacial score (nSPS) is 12.5. The summed E-state index contributed by atoms with van der Waals surface area (Å²) < 4.78 is 30.8. The summed E-state index contributed by atoms with van der Waals surface area (Å²) >= 11 is -1.73. The third-order valence-electron chi connectivity index (χ3n) is 8.20. The Labute approximate surface area is 299 Å². The van der Waals surface area contributed by atoms with Crippen molar-refractivity contribution in [3.63, 3.8) is 0 Å². The van der Waals surface area contributed by atoms with Crippen LogP contribution in [0.5, 0.6) is 0 Å². The fourth-order valence-corrected chi connectivity index (χ4v) is 7.65. The molecule has 3 nitrogen and oxygen atoms in total. The van der Waals surface area contributed by atoms with Crippen molar-refractivity contribution in [3.8, 4) is 33.6 Å². The number of hydrogen-bond donors (Lipinski definition) is 0. The first-order valence-electron chi connectivity index (χ1n) is 17.2. The molecule has 0 atom stereocenters. The first-order valence-corrected chi connectivity index (χ1v) is 23.0. The first-order chi connectivity index (χ1) is 23.3. The van der Waals surface area contributed by atoms with Crippen LogP contribution in [0.25, 0.3) is 55.6 Å². The van der Waals surface area contributed by atoms with Crippen LogP contribution in [0.4, 0.5) is 0 Å². The number of pyridine rings is 2. The molecule has 5 heteroatoms. The number of aryl methyl sites for hydroxylation is 2. The van der Waals surface area contributed by atoms with E-state index in [1.807, 2.05) is 60.9 Å². The monoisotopic (exact) mass is 858 g/mol. The molecule has 7 rings (SSSR count). The summed E-state index contributed by atoms with van der Waals surface area (Å²) in [7, 11) is 0. The Morgan fingerprint density at radius 2 is 1.57 bits per heavy atom. The topological polar surface area (TPSA) is 38.9 Å². The van der Waals surface area contributed by atoms with E-state index in [4.69, 9.17) is 8.53 Å². The number of rotatable bonds is 5. The molecular formula is C42H40GeIrN2O-2. The van der Waals surface area contributed by atoms with Gasteiger partial charge in [0.1, 0.15) is 5.58 Å². The molecule has 0 spiro atoms. The number of benzene rings is 4. The second-order valence-corrected chi connectivity index (χ2v) is 23.7. The van der Waals surface area contributed by atoms with Crippen molar-refractivity contribution in [1.29, 1.82) is 0 Å². The molecule has 0 aliphatic carbocycles. The van der Waals surface area contributed by atoms with Crippen molar-refractivity contribution >= 4 is 39.6 Å². The number of hydrogen-bond acceptors (Lipinski definition) is 3. The Morgan fingerprint density at radius 3 is 2.30 bits per heavy atom. The number of fused-ring (bicyclic) bond motifs is 3. The summed E-state index contributed by atoms with van der Waals surface area (Å²) in [5.74, 6) is 7.56. The van der Waals surface area contributed by atoms with Crippen LogP contribution in [0.3, 0.4) is 0 Å². The molecule has 1 radical (unpaired) electrons. The van der Waals surface area contributed by atoms with E-state index < -0.39 is 20.1 Å². The van der Waals surface area contributed by atoms with Gasteiger partial charge in [0, 0.05) is 35.8 Å². The van der Waals surface area contributed by atoms with Crippen LogP contribution >= 0.6 is 0 Å². The first kappa shape index (κ1) is 30.5. The van der Waals surface area contributed by atoms with Gasteiger partial charge in [0.05, 0.1) is 5.58 Å². The van der Waals surface area contributed by atoms with Gasteiger partial charge in [-0.05, 0) is 41.7 Å². The van der Waals surface area contributed by atoms with E-state index in [0.29, 0.717) is 11.5 Å². The average Bonchev–Trinajstić information content (AvgIpc) is 3.46. The maximum Gasteiger partial charge on any atom is 0.121 e. The van der Waals surface area contributed by atoms with Crippen LogP contribution in [0.1, 0.15) is 40.6 Å². The van der Waals surface area contributed by atoms with Crippen molar-refractivity contribution < 1.29 is 28.6 Å². The second kappa shape index (κ2) is 14.5. The van der Waals surface area contributed by atoms with Crippen molar-refractivity contribution in [1.82, 2.24) is 9.97 Å². The molecule has 0 unspecified atom stereocenters. The van der Waals surface area contributed by atoms with E-state index in [0.717, 1.165) is 55.6 Å². The Hall–Kier alpha value is -3.83. The van der Waals surface area contributed by atoms with Crippen LogP contribution < -0.4 is 4.40 Å². The summed E-state index contributed by atoms with van der Waals surface area (Å²) in [5.41, 5.74) is 9.83. The third kappa shape index (κ3) is 7.84. The van der Waals surface area contributed by atoms with Crippen molar-refractivity contribution in [2.24, 2.45) is 0 Å². The number of nitrogens with zero attached hydrogens (tertiary/aromatic N) is 2. The van der Waals surface area contributed by atoms with Gasteiger partial charge in [0.2, 0.25) is 0 Å². The van der Waals surface area contributed by atoms with Gasteiger partial charge in [-0.15, -0.1) is 18.2 Å². The molecule has 0 N–H and O–H groups in total. The minimum atomic E-state index is -2.14. The van der Waals surface area contributed by atoms with Crippen molar-refractivity contribution in [2.45, 2.75) is 50.8 Å². The summed E-state index contributed by atoms with van der Waals surface area (Å²) in [6, 6.07) is 38.1. The summed E-state index contributed by atoms with van der Waals surface area (Å²) in [4.78, 5) is 9.14. The minimum absolute atomic E-state index is 0. The SMILES string of the molecule is Cc1cc[c-]c(-c2cc[c]([Ge]([CH3])([CH3])[CH3])cn2)c1.[2H]C([2H])([2H])c1cccc(-c2ccc3c(c2)oc2c(-c4cc(C(C)C)ccn4)[c-]ccc23)c1.[Ir].